The van der Waals surface area contributed by atoms with Crippen LogP contribution in [0.25, 0.3) is 0 Å². The van der Waals surface area contributed by atoms with Gasteiger partial charge in [0.2, 0.25) is 0 Å². The van der Waals surface area contributed by atoms with E-state index < -0.39 is 0 Å². The van der Waals surface area contributed by atoms with E-state index in [1.165, 1.54) is 18.4 Å². The Morgan fingerprint density at radius 2 is 1.97 bits per heavy atom. The molecule has 0 amide bonds. The summed E-state index contributed by atoms with van der Waals surface area (Å²) in [6.07, 6.45) is 4.70. The minimum absolute atomic E-state index is 0.289. The Bertz CT molecular complexity index is 639. The van der Waals surface area contributed by atoms with Gasteiger partial charge in [-0.1, -0.05) is 12.1 Å². The molecule has 2 N–H and O–H groups in total. The van der Waals surface area contributed by atoms with Gasteiger partial charge in [-0.25, -0.2) is 0 Å². The zero-order valence-corrected chi connectivity index (χ0v) is 19.3. The first kappa shape index (κ1) is 23.8. The van der Waals surface area contributed by atoms with E-state index in [-0.39, 0.29) is 6.10 Å². The van der Waals surface area contributed by atoms with Crippen molar-refractivity contribution in [2.75, 3.05) is 59.7 Å². The van der Waals surface area contributed by atoms with E-state index >= 15 is 0 Å². The highest BCUT2D eigenvalue weighted by molar-refractivity contribution is 5.79. The van der Waals surface area contributed by atoms with E-state index in [0.29, 0.717) is 5.92 Å². The fraction of sp³-hybridized carbons (Fsp3) is 0.708. The maximum atomic E-state index is 5.83. The lowest BCUT2D eigenvalue weighted by Crippen LogP contribution is -2.39. The average Bonchev–Trinajstić information content (AvgIpc) is 3.32. The Hall–Kier alpha value is -1.83. The van der Waals surface area contributed by atoms with Crippen LogP contribution in [0.15, 0.2) is 29.3 Å². The average molecular weight is 433 g/mol. The number of hydrogen-bond donors (Lipinski definition) is 2. The molecule has 2 aliphatic heterocycles. The summed E-state index contributed by atoms with van der Waals surface area (Å²) >= 11 is 0. The molecular formula is C24H40N4O3. The number of nitrogens with zero attached hydrogens (tertiary/aromatic N) is 2. The standard InChI is InChI=1S/C24H40N4O3/c1-3-25-24(26-12-4-15-31-23-11-16-30-19-23)27-17-20-9-13-28(14-10-20)18-21-5-7-22(29-2)8-6-21/h5-8,20,23H,3-4,9-19H2,1-2H3,(H2,25,26,27). The summed E-state index contributed by atoms with van der Waals surface area (Å²) in [6, 6.07) is 8.41. The zero-order valence-electron chi connectivity index (χ0n) is 19.3. The fourth-order valence-corrected chi connectivity index (χ4v) is 4.05. The minimum atomic E-state index is 0.289. The zero-order chi connectivity index (χ0) is 21.7. The fourth-order valence-electron chi connectivity index (χ4n) is 4.05. The number of guanidine groups is 1. The highest BCUT2D eigenvalue weighted by Gasteiger charge is 2.19. The van der Waals surface area contributed by atoms with Gasteiger partial charge in [-0.15, -0.1) is 0 Å². The predicted octanol–water partition coefficient (Wildman–Crippen LogP) is 2.66. The van der Waals surface area contributed by atoms with Gasteiger partial charge in [0.05, 0.1) is 19.8 Å². The van der Waals surface area contributed by atoms with Crippen LogP contribution in [0, 0.1) is 5.92 Å². The number of hydrogen-bond acceptors (Lipinski definition) is 5. The Kier molecular flexibility index (Phi) is 10.4. The predicted molar refractivity (Wildman–Crippen MR) is 125 cm³/mol. The molecule has 3 rings (SSSR count). The number of ether oxygens (including phenoxy) is 3. The lowest BCUT2D eigenvalue weighted by molar-refractivity contribution is 0.0420. The Balaban J connectivity index is 1.32. The molecule has 31 heavy (non-hydrogen) atoms. The minimum Gasteiger partial charge on any atom is -0.497 e. The van der Waals surface area contributed by atoms with Gasteiger partial charge in [0.25, 0.3) is 0 Å². The van der Waals surface area contributed by atoms with E-state index in [9.17, 15) is 0 Å². The van der Waals surface area contributed by atoms with Crippen LogP contribution in [0.5, 0.6) is 5.75 Å². The first-order valence-electron chi connectivity index (χ1n) is 11.8. The molecule has 0 aromatic heterocycles. The van der Waals surface area contributed by atoms with Gasteiger partial charge in [0.15, 0.2) is 5.96 Å². The van der Waals surface area contributed by atoms with E-state index in [0.717, 1.165) is 83.6 Å². The summed E-state index contributed by atoms with van der Waals surface area (Å²) in [7, 11) is 1.71. The number of benzene rings is 1. The molecule has 0 saturated carbocycles. The molecule has 174 valence electrons. The van der Waals surface area contributed by atoms with Crippen LogP contribution in [0.1, 0.15) is 38.2 Å². The van der Waals surface area contributed by atoms with E-state index in [1.807, 2.05) is 12.1 Å². The Labute approximate surface area is 187 Å². The quantitative estimate of drug-likeness (QED) is 0.318. The van der Waals surface area contributed by atoms with Crippen molar-refractivity contribution in [2.24, 2.45) is 10.9 Å². The van der Waals surface area contributed by atoms with Gasteiger partial charge < -0.3 is 24.8 Å². The summed E-state index contributed by atoms with van der Waals surface area (Å²) in [5.41, 5.74) is 1.35. The lowest BCUT2D eigenvalue weighted by atomic mass is 9.96. The topological polar surface area (TPSA) is 67.4 Å². The number of piperidine rings is 1. The van der Waals surface area contributed by atoms with Crippen molar-refractivity contribution >= 4 is 5.96 Å². The van der Waals surface area contributed by atoms with E-state index in [4.69, 9.17) is 19.2 Å². The second-order valence-electron chi connectivity index (χ2n) is 8.42. The molecular weight excluding hydrogens is 392 g/mol. The largest absolute Gasteiger partial charge is 0.497 e. The van der Waals surface area contributed by atoms with Crippen molar-refractivity contribution in [3.05, 3.63) is 29.8 Å². The molecule has 7 nitrogen and oxygen atoms in total. The summed E-state index contributed by atoms with van der Waals surface area (Å²) in [6.45, 7) is 10.4. The van der Waals surface area contributed by atoms with Crippen molar-refractivity contribution in [2.45, 2.75) is 45.3 Å². The molecule has 1 aromatic carbocycles. The number of rotatable bonds is 11. The van der Waals surface area contributed by atoms with Crippen molar-refractivity contribution in [1.82, 2.24) is 15.5 Å². The molecule has 0 aliphatic carbocycles. The van der Waals surface area contributed by atoms with Crippen LogP contribution in [0.4, 0.5) is 0 Å². The maximum absolute atomic E-state index is 5.83. The van der Waals surface area contributed by atoms with Gasteiger partial charge in [0.1, 0.15) is 5.75 Å². The molecule has 2 aliphatic rings. The summed E-state index contributed by atoms with van der Waals surface area (Å²) in [5.74, 6) is 2.50. The van der Waals surface area contributed by atoms with Gasteiger partial charge in [0, 0.05) is 39.4 Å². The molecule has 7 heteroatoms. The molecule has 0 bridgehead atoms. The van der Waals surface area contributed by atoms with Crippen LogP contribution in [0.2, 0.25) is 0 Å². The van der Waals surface area contributed by atoms with Crippen LogP contribution in [-0.2, 0) is 16.0 Å². The molecule has 2 fully saturated rings. The first-order chi connectivity index (χ1) is 15.3. The molecule has 2 heterocycles. The number of likely N-dealkylation sites (tertiary alicyclic amines) is 1. The number of nitrogens with one attached hydrogen (secondary N) is 2. The number of aliphatic imine (C=N–C) groups is 1. The molecule has 1 aromatic rings. The van der Waals surface area contributed by atoms with Crippen molar-refractivity contribution in [3.63, 3.8) is 0 Å². The molecule has 1 unspecified atom stereocenters. The van der Waals surface area contributed by atoms with Crippen molar-refractivity contribution in [1.29, 1.82) is 0 Å². The molecule has 0 spiro atoms. The number of methoxy groups -OCH3 is 1. The first-order valence-corrected chi connectivity index (χ1v) is 11.8. The molecule has 1 atom stereocenters. The highest BCUT2D eigenvalue weighted by atomic mass is 16.5. The van der Waals surface area contributed by atoms with Gasteiger partial charge in [-0.2, -0.15) is 0 Å². The second kappa shape index (κ2) is 13.6. The summed E-state index contributed by atoms with van der Waals surface area (Å²) in [5, 5.41) is 6.81. The van der Waals surface area contributed by atoms with Crippen molar-refractivity contribution < 1.29 is 14.2 Å². The lowest BCUT2D eigenvalue weighted by Gasteiger charge is -2.31. The van der Waals surface area contributed by atoms with Crippen LogP contribution < -0.4 is 15.4 Å². The third kappa shape index (κ3) is 8.67. The molecule has 2 saturated heterocycles. The third-order valence-corrected chi connectivity index (χ3v) is 5.98. The third-order valence-electron chi connectivity index (χ3n) is 5.98. The second-order valence-corrected chi connectivity index (χ2v) is 8.42. The molecule has 0 radical (unpaired) electrons. The highest BCUT2D eigenvalue weighted by Crippen LogP contribution is 2.20. The summed E-state index contributed by atoms with van der Waals surface area (Å²) < 4.78 is 16.4. The van der Waals surface area contributed by atoms with Gasteiger partial charge >= 0.3 is 0 Å². The van der Waals surface area contributed by atoms with Crippen molar-refractivity contribution in [3.8, 4) is 5.75 Å². The maximum Gasteiger partial charge on any atom is 0.191 e. The van der Waals surface area contributed by atoms with Gasteiger partial charge in [-0.05, 0) is 69.3 Å². The summed E-state index contributed by atoms with van der Waals surface area (Å²) in [4.78, 5) is 7.38. The monoisotopic (exact) mass is 432 g/mol. The van der Waals surface area contributed by atoms with Gasteiger partial charge in [-0.3, -0.25) is 9.89 Å². The van der Waals surface area contributed by atoms with E-state index in [2.05, 4.69) is 34.6 Å². The SMILES string of the molecule is CCNC(=NCC1CCN(Cc2ccc(OC)cc2)CC1)NCCCOC1CCOC1. The smallest absolute Gasteiger partial charge is 0.191 e. The Morgan fingerprint density at radius 3 is 2.65 bits per heavy atom. The Morgan fingerprint density at radius 1 is 1.16 bits per heavy atom. The normalized spacial score (nSPS) is 20.7. The van der Waals surface area contributed by atoms with E-state index in [1.54, 1.807) is 7.11 Å². The van der Waals surface area contributed by atoms with Crippen LogP contribution in [-0.4, -0.2) is 76.6 Å². The van der Waals surface area contributed by atoms with Crippen LogP contribution in [0.3, 0.4) is 0 Å². The van der Waals surface area contributed by atoms with Crippen LogP contribution >= 0.6 is 0 Å².